The Morgan fingerprint density at radius 3 is 2.73 bits per heavy atom. The van der Waals surface area contributed by atoms with Crippen molar-refractivity contribution in [3.8, 4) is 0 Å². The molecule has 0 unspecified atom stereocenters. The number of nitrogens with zero attached hydrogens (tertiary/aromatic N) is 1. The average Bonchev–Trinajstić information content (AvgIpc) is 2.50. The molecule has 0 aromatic rings. The van der Waals surface area contributed by atoms with Gasteiger partial charge in [-0.05, 0) is 26.7 Å². The molecule has 1 aliphatic rings. The zero-order chi connectivity index (χ0) is 11.6. The fourth-order valence-corrected chi connectivity index (χ4v) is 1.97. The van der Waals surface area contributed by atoms with Gasteiger partial charge in [-0.15, -0.1) is 0 Å². The van der Waals surface area contributed by atoms with Crippen molar-refractivity contribution in [3.63, 3.8) is 0 Å². The number of aliphatic hydroxyl groups is 1. The summed E-state index contributed by atoms with van der Waals surface area (Å²) in [6.07, 6.45) is 2.60. The molecule has 0 aromatic heterocycles. The third-order valence-corrected chi connectivity index (χ3v) is 3.08. The number of hydrogen-bond acceptors (Lipinski definition) is 4. The lowest BCUT2D eigenvalue weighted by molar-refractivity contribution is -0.404. The van der Waals surface area contributed by atoms with Crippen LogP contribution in [-0.2, 0) is 4.79 Å². The van der Waals surface area contributed by atoms with Gasteiger partial charge in [0.05, 0.1) is 16.4 Å². The van der Waals surface area contributed by atoms with Crippen molar-refractivity contribution in [1.82, 2.24) is 0 Å². The third kappa shape index (κ3) is 2.41. The Morgan fingerprint density at radius 1 is 1.73 bits per heavy atom. The van der Waals surface area contributed by atoms with Gasteiger partial charge >= 0.3 is 0 Å². The van der Waals surface area contributed by atoms with Gasteiger partial charge in [-0.2, -0.15) is 0 Å². The first-order chi connectivity index (χ1) is 6.85. The van der Waals surface area contributed by atoms with E-state index in [-0.39, 0.29) is 11.4 Å². The summed E-state index contributed by atoms with van der Waals surface area (Å²) in [5, 5.41) is 20.4. The SMILES string of the molecule is C/C(=C\[N+](=O)[O-])[C@](C)(O)[C@H]1CCCC1=O. The van der Waals surface area contributed by atoms with E-state index in [2.05, 4.69) is 0 Å². The van der Waals surface area contributed by atoms with Crippen LogP contribution >= 0.6 is 0 Å². The number of ketones is 1. The zero-order valence-electron chi connectivity index (χ0n) is 8.90. The van der Waals surface area contributed by atoms with Gasteiger partial charge in [0, 0.05) is 12.0 Å². The summed E-state index contributed by atoms with van der Waals surface area (Å²) in [5.74, 6) is -0.496. The standard InChI is InChI=1S/C10H15NO4/c1-7(6-11(14)15)10(2,13)8-4-3-5-9(8)12/h6,8,13H,3-5H2,1-2H3/b7-6+/t8-,10-/m0/s1. The van der Waals surface area contributed by atoms with Crippen LogP contribution in [0.4, 0.5) is 0 Å². The number of hydrogen-bond donors (Lipinski definition) is 1. The van der Waals surface area contributed by atoms with Crippen LogP contribution in [0.1, 0.15) is 33.1 Å². The van der Waals surface area contributed by atoms with E-state index in [1.807, 2.05) is 0 Å². The Balaban J connectivity index is 2.90. The molecule has 84 valence electrons. The monoisotopic (exact) mass is 213 g/mol. The van der Waals surface area contributed by atoms with Crippen LogP contribution in [0.5, 0.6) is 0 Å². The zero-order valence-corrected chi connectivity index (χ0v) is 8.90. The van der Waals surface area contributed by atoms with Crippen LogP contribution in [0.15, 0.2) is 11.8 Å². The molecule has 1 rings (SSSR count). The fraction of sp³-hybridized carbons (Fsp3) is 0.700. The number of nitro groups is 1. The van der Waals surface area contributed by atoms with Gasteiger partial charge < -0.3 is 5.11 Å². The lowest BCUT2D eigenvalue weighted by atomic mass is 9.82. The number of carbonyl (C=O) groups is 1. The molecule has 0 saturated heterocycles. The van der Waals surface area contributed by atoms with Crippen molar-refractivity contribution in [1.29, 1.82) is 0 Å². The molecule has 0 heterocycles. The van der Waals surface area contributed by atoms with Crippen LogP contribution in [0.25, 0.3) is 0 Å². The fourth-order valence-electron chi connectivity index (χ4n) is 1.97. The predicted molar refractivity (Wildman–Crippen MR) is 53.7 cm³/mol. The molecule has 0 bridgehead atoms. The van der Waals surface area contributed by atoms with E-state index in [9.17, 15) is 20.0 Å². The molecule has 5 heteroatoms. The van der Waals surface area contributed by atoms with E-state index >= 15 is 0 Å². The Labute approximate surface area is 87.9 Å². The van der Waals surface area contributed by atoms with Gasteiger partial charge in [0.1, 0.15) is 5.78 Å². The second kappa shape index (κ2) is 4.10. The Bertz CT molecular complexity index is 319. The minimum absolute atomic E-state index is 0.00361. The summed E-state index contributed by atoms with van der Waals surface area (Å²) in [6, 6.07) is 0. The summed E-state index contributed by atoms with van der Waals surface area (Å²) >= 11 is 0. The molecule has 2 atom stereocenters. The van der Waals surface area contributed by atoms with Crippen molar-refractivity contribution in [2.24, 2.45) is 5.92 Å². The highest BCUT2D eigenvalue weighted by molar-refractivity contribution is 5.84. The Kier molecular flexibility index (Phi) is 3.24. The second-order valence-corrected chi connectivity index (χ2v) is 4.16. The van der Waals surface area contributed by atoms with Crippen molar-refractivity contribution < 1.29 is 14.8 Å². The molecule has 1 N–H and O–H groups in total. The quantitative estimate of drug-likeness (QED) is 0.565. The molecular weight excluding hydrogens is 198 g/mol. The second-order valence-electron chi connectivity index (χ2n) is 4.16. The van der Waals surface area contributed by atoms with Crippen LogP contribution in [-0.4, -0.2) is 21.4 Å². The van der Waals surface area contributed by atoms with Crippen molar-refractivity contribution >= 4 is 5.78 Å². The number of rotatable bonds is 3. The summed E-state index contributed by atoms with van der Waals surface area (Å²) < 4.78 is 0. The molecule has 0 amide bonds. The van der Waals surface area contributed by atoms with E-state index in [0.29, 0.717) is 12.8 Å². The predicted octanol–water partition coefficient (Wildman–Crippen LogP) is 1.29. The minimum Gasteiger partial charge on any atom is -0.385 e. The van der Waals surface area contributed by atoms with Gasteiger partial charge in [-0.3, -0.25) is 14.9 Å². The Hall–Kier alpha value is -1.23. The van der Waals surface area contributed by atoms with Gasteiger partial charge in [-0.1, -0.05) is 0 Å². The third-order valence-electron chi connectivity index (χ3n) is 3.08. The summed E-state index contributed by atoms with van der Waals surface area (Å²) in [5.41, 5.74) is -1.16. The van der Waals surface area contributed by atoms with E-state index in [1.165, 1.54) is 13.8 Å². The highest BCUT2D eigenvalue weighted by Crippen LogP contribution is 2.35. The molecular formula is C10H15NO4. The lowest BCUT2D eigenvalue weighted by Gasteiger charge is -2.28. The van der Waals surface area contributed by atoms with E-state index in [4.69, 9.17) is 0 Å². The minimum atomic E-state index is -1.39. The normalized spacial score (nSPS) is 26.5. The molecule has 0 aliphatic heterocycles. The van der Waals surface area contributed by atoms with Crippen molar-refractivity contribution in [3.05, 3.63) is 21.9 Å². The van der Waals surface area contributed by atoms with E-state index in [0.717, 1.165) is 12.6 Å². The first-order valence-corrected chi connectivity index (χ1v) is 4.93. The maximum Gasteiger partial charge on any atom is 0.236 e. The van der Waals surface area contributed by atoms with E-state index < -0.39 is 16.4 Å². The van der Waals surface area contributed by atoms with Crippen molar-refractivity contribution in [2.75, 3.05) is 0 Å². The summed E-state index contributed by atoms with van der Waals surface area (Å²) in [7, 11) is 0. The van der Waals surface area contributed by atoms with Gasteiger partial charge in [0.2, 0.25) is 6.20 Å². The first kappa shape index (κ1) is 11.8. The number of Topliss-reactive ketones (excluding diaryl/α,β-unsaturated/α-hetero) is 1. The topological polar surface area (TPSA) is 80.4 Å². The molecule has 0 aromatic carbocycles. The largest absolute Gasteiger partial charge is 0.385 e. The van der Waals surface area contributed by atoms with Crippen LogP contribution in [0.3, 0.4) is 0 Å². The highest BCUT2D eigenvalue weighted by atomic mass is 16.6. The maximum atomic E-state index is 11.5. The average molecular weight is 213 g/mol. The molecule has 0 radical (unpaired) electrons. The van der Waals surface area contributed by atoms with Crippen LogP contribution < -0.4 is 0 Å². The van der Waals surface area contributed by atoms with E-state index in [1.54, 1.807) is 0 Å². The molecule has 1 saturated carbocycles. The summed E-state index contributed by atoms with van der Waals surface area (Å²) in [4.78, 5) is 21.1. The molecule has 1 aliphatic carbocycles. The summed E-state index contributed by atoms with van der Waals surface area (Å²) in [6.45, 7) is 2.95. The lowest BCUT2D eigenvalue weighted by Crippen LogP contribution is -2.38. The van der Waals surface area contributed by atoms with Gasteiger partial charge in [-0.25, -0.2) is 0 Å². The first-order valence-electron chi connectivity index (χ1n) is 4.93. The number of carbonyl (C=O) groups excluding carboxylic acids is 1. The molecule has 1 fully saturated rings. The van der Waals surface area contributed by atoms with Gasteiger partial charge in [0.15, 0.2) is 0 Å². The van der Waals surface area contributed by atoms with Crippen LogP contribution in [0, 0.1) is 16.0 Å². The maximum absolute atomic E-state index is 11.5. The smallest absolute Gasteiger partial charge is 0.236 e. The molecule has 0 spiro atoms. The Morgan fingerprint density at radius 2 is 2.33 bits per heavy atom. The highest BCUT2D eigenvalue weighted by Gasteiger charge is 2.41. The van der Waals surface area contributed by atoms with Crippen LogP contribution in [0.2, 0.25) is 0 Å². The van der Waals surface area contributed by atoms with Crippen molar-refractivity contribution in [2.45, 2.75) is 38.7 Å². The molecule has 15 heavy (non-hydrogen) atoms. The van der Waals surface area contributed by atoms with Gasteiger partial charge in [0.25, 0.3) is 0 Å². The molecule has 5 nitrogen and oxygen atoms in total.